The van der Waals surface area contributed by atoms with Crippen molar-refractivity contribution in [2.75, 3.05) is 7.05 Å². The molecule has 19 heavy (non-hydrogen) atoms. The average Bonchev–Trinajstić information content (AvgIpc) is 2.76. The van der Waals surface area contributed by atoms with Gasteiger partial charge in [-0.3, -0.25) is 0 Å². The van der Waals surface area contributed by atoms with Crippen LogP contribution in [0.15, 0.2) is 29.8 Å². The number of hydrogen-bond acceptors (Lipinski definition) is 3. The molecule has 1 aromatic heterocycles. The standard InChI is InChI=1S/C13H13F3N2S/c1-8-12(19-7-18-8)11(17-2)9-4-3-5-10(6-9)13(14,15)16/h3-7,11,17H,1-2H3. The first-order valence-corrected chi connectivity index (χ1v) is 6.56. The van der Waals surface area contributed by atoms with Crippen molar-refractivity contribution >= 4 is 11.3 Å². The molecule has 2 nitrogen and oxygen atoms in total. The minimum Gasteiger partial charge on any atom is -0.309 e. The van der Waals surface area contributed by atoms with Gasteiger partial charge in [0.2, 0.25) is 0 Å². The lowest BCUT2D eigenvalue weighted by molar-refractivity contribution is -0.137. The summed E-state index contributed by atoms with van der Waals surface area (Å²) < 4.78 is 38.2. The Kier molecular flexibility index (Phi) is 3.91. The molecular formula is C13H13F3N2S. The molecule has 0 bridgehead atoms. The molecule has 0 spiro atoms. The summed E-state index contributed by atoms with van der Waals surface area (Å²) in [4.78, 5) is 5.07. The Morgan fingerprint density at radius 3 is 2.58 bits per heavy atom. The predicted octanol–water partition coefficient (Wildman–Crippen LogP) is 3.78. The first-order valence-electron chi connectivity index (χ1n) is 5.68. The normalized spacial score (nSPS) is 13.5. The summed E-state index contributed by atoms with van der Waals surface area (Å²) in [6.07, 6.45) is -4.32. The maximum atomic E-state index is 12.7. The molecule has 1 atom stereocenters. The van der Waals surface area contributed by atoms with Gasteiger partial charge in [0.25, 0.3) is 0 Å². The van der Waals surface area contributed by atoms with Crippen LogP contribution in [0.1, 0.15) is 27.7 Å². The summed E-state index contributed by atoms with van der Waals surface area (Å²) in [7, 11) is 1.73. The fraction of sp³-hybridized carbons (Fsp3) is 0.308. The van der Waals surface area contributed by atoms with Gasteiger partial charge in [-0.1, -0.05) is 12.1 Å². The smallest absolute Gasteiger partial charge is 0.309 e. The molecule has 1 heterocycles. The third kappa shape index (κ3) is 2.96. The van der Waals surface area contributed by atoms with Crippen LogP contribution in [0.2, 0.25) is 0 Å². The number of nitrogens with zero attached hydrogens (tertiary/aromatic N) is 1. The molecule has 0 saturated heterocycles. The van der Waals surface area contributed by atoms with Crippen molar-refractivity contribution in [2.24, 2.45) is 0 Å². The molecule has 0 aliphatic carbocycles. The molecule has 0 saturated carbocycles. The molecule has 0 aliphatic rings. The van der Waals surface area contributed by atoms with Crippen LogP contribution in [-0.4, -0.2) is 12.0 Å². The topological polar surface area (TPSA) is 24.9 Å². The minimum absolute atomic E-state index is 0.269. The van der Waals surface area contributed by atoms with E-state index < -0.39 is 11.7 Å². The highest BCUT2D eigenvalue weighted by Crippen LogP contribution is 2.33. The second-order valence-electron chi connectivity index (χ2n) is 4.15. The third-order valence-corrected chi connectivity index (χ3v) is 3.88. The van der Waals surface area contributed by atoms with Gasteiger partial charge in [0, 0.05) is 4.88 Å². The van der Waals surface area contributed by atoms with E-state index >= 15 is 0 Å². The Balaban J connectivity index is 2.42. The summed E-state index contributed by atoms with van der Waals surface area (Å²) in [6, 6.07) is 5.11. The minimum atomic E-state index is -4.32. The second-order valence-corrected chi connectivity index (χ2v) is 5.03. The lowest BCUT2D eigenvalue weighted by atomic mass is 10.0. The van der Waals surface area contributed by atoms with E-state index in [4.69, 9.17) is 0 Å². The van der Waals surface area contributed by atoms with E-state index in [1.807, 2.05) is 6.92 Å². The zero-order valence-electron chi connectivity index (χ0n) is 10.5. The molecule has 1 aromatic carbocycles. The average molecular weight is 286 g/mol. The van der Waals surface area contributed by atoms with Crippen LogP contribution >= 0.6 is 11.3 Å². The maximum Gasteiger partial charge on any atom is 0.416 e. The highest BCUT2D eigenvalue weighted by atomic mass is 32.1. The van der Waals surface area contributed by atoms with Crippen molar-refractivity contribution in [3.05, 3.63) is 51.5 Å². The largest absolute Gasteiger partial charge is 0.416 e. The van der Waals surface area contributed by atoms with Gasteiger partial charge in [0.1, 0.15) is 0 Å². The van der Waals surface area contributed by atoms with Crippen LogP contribution in [0.3, 0.4) is 0 Å². The fourth-order valence-electron chi connectivity index (χ4n) is 1.93. The van der Waals surface area contributed by atoms with Gasteiger partial charge in [-0.15, -0.1) is 11.3 Å². The monoisotopic (exact) mass is 286 g/mol. The van der Waals surface area contributed by atoms with Crippen LogP contribution in [0.4, 0.5) is 13.2 Å². The molecule has 0 aliphatic heterocycles. The van der Waals surface area contributed by atoms with Crippen LogP contribution in [0.25, 0.3) is 0 Å². The van der Waals surface area contributed by atoms with Gasteiger partial charge in [-0.05, 0) is 31.7 Å². The molecule has 6 heteroatoms. The van der Waals surface area contributed by atoms with Gasteiger partial charge < -0.3 is 5.32 Å². The van der Waals surface area contributed by atoms with E-state index in [1.165, 1.54) is 23.5 Å². The van der Waals surface area contributed by atoms with Crippen molar-refractivity contribution in [3.8, 4) is 0 Å². The summed E-state index contributed by atoms with van der Waals surface area (Å²) in [5.74, 6) is 0. The van der Waals surface area contributed by atoms with E-state index in [0.717, 1.165) is 16.6 Å². The van der Waals surface area contributed by atoms with Crippen LogP contribution in [0.5, 0.6) is 0 Å². The van der Waals surface area contributed by atoms with Crippen molar-refractivity contribution in [1.82, 2.24) is 10.3 Å². The Labute approximate surface area is 113 Å². The van der Waals surface area contributed by atoms with Gasteiger partial charge in [0.05, 0.1) is 22.8 Å². The fourth-order valence-corrected chi connectivity index (χ4v) is 2.87. The first-order chi connectivity index (χ1) is 8.93. The predicted molar refractivity (Wildman–Crippen MR) is 69.2 cm³/mol. The number of aromatic nitrogens is 1. The molecule has 1 N–H and O–H groups in total. The molecule has 2 rings (SSSR count). The zero-order valence-corrected chi connectivity index (χ0v) is 11.3. The third-order valence-electron chi connectivity index (χ3n) is 2.88. The molecular weight excluding hydrogens is 273 g/mol. The van der Waals surface area contributed by atoms with E-state index in [0.29, 0.717) is 5.56 Å². The maximum absolute atomic E-state index is 12.7. The highest BCUT2D eigenvalue weighted by Gasteiger charge is 2.31. The van der Waals surface area contributed by atoms with Crippen molar-refractivity contribution in [2.45, 2.75) is 19.1 Å². The number of aryl methyl sites for hydroxylation is 1. The van der Waals surface area contributed by atoms with Crippen LogP contribution < -0.4 is 5.32 Å². The molecule has 0 radical (unpaired) electrons. The number of rotatable bonds is 3. The number of hydrogen-bond donors (Lipinski definition) is 1. The van der Waals surface area contributed by atoms with E-state index in [1.54, 1.807) is 18.6 Å². The number of halogens is 3. The van der Waals surface area contributed by atoms with Crippen LogP contribution in [-0.2, 0) is 6.18 Å². The molecule has 0 fully saturated rings. The Morgan fingerprint density at radius 1 is 1.32 bits per heavy atom. The SMILES string of the molecule is CNC(c1cccc(C(F)(F)F)c1)c1scnc1C. The lowest BCUT2D eigenvalue weighted by Crippen LogP contribution is -2.18. The Hall–Kier alpha value is -1.40. The van der Waals surface area contributed by atoms with Gasteiger partial charge >= 0.3 is 6.18 Å². The molecule has 0 amide bonds. The van der Waals surface area contributed by atoms with E-state index in [2.05, 4.69) is 10.3 Å². The number of alkyl halides is 3. The van der Waals surface area contributed by atoms with Gasteiger partial charge in [-0.2, -0.15) is 13.2 Å². The quantitative estimate of drug-likeness (QED) is 0.929. The molecule has 102 valence electrons. The number of thiazole rings is 1. The summed E-state index contributed by atoms with van der Waals surface area (Å²) in [6.45, 7) is 1.85. The highest BCUT2D eigenvalue weighted by molar-refractivity contribution is 7.09. The first kappa shape index (κ1) is 14.0. The van der Waals surface area contributed by atoms with Gasteiger partial charge in [-0.25, -0.2) is 4.98 Å². The zero-order chi connectivity index (χ0) is 14.0. The van der Waals surface area contributed by atoms with E-state index in [9.17, 15) is 13.2 Å². The van der Waals surface area contributed by atoms with Crippen molar-refractivity contribution in [1.29, 1.82) is 0 Å². The summed E-state index contributed by atoms with van der Waals surface area (Å²) in [5.41, 5.74) is 2.49. The number of nitrogens with one attached hydrogen (secondary N) is 1. The Morgan fingerprint density at radius 2 is 2.05 bits per heavy atom. The van der Waals surface area contributed by atoms with Crippen molar-refractivity contribution < 1.29 is 13.2 Å². The molecule has 2 aromatic rings. The lowest BCUT2D eigenvalue weighted by Gasteiger charge is -2.17. The summed E-state index contributed by atoms with van der Waals surface area (Å²) in [5, 5.41) is 3.04. The number of benzene rings is 1. The van der Waals surface area contributed by atoms with E-state index in [-0.39, 0.29) is 6.04 Å². The molecule has 1 unspecified atom stereocenters. The second kappa shape index (κ2) is 5.30. The van der Waals surface area contributed by atoms with Crippen LogP contribution in [0, 0.1) is 6.92 Å². The van der Waals surface area contributed by atoms with Crippen molar-refractivity contribution in [3.63, 3.8) is 0 Å². The van der Waals surface area contributed by atoms with Gasteiger partial charge in [0.15, 0.2) is 0 Å². The Bertz CT molecular complexity index is 563. The summed E-state index contributed by atoms with van der Waals surface area (Å²) >= 11 is 1.44.